The summed E-state index contributed by atoms with van der Waals surface area (Å²) in [6, 6.07) is 13.6. The van der Waals surface area contributed by atoms with Crippen LogP contribution in [-0.2, 0) is 6.54 Å². The molecule has 4 aromatic rings. The zero-order chi connectivity index (χ0) is 19.3. The van der Waals surface area contributed by atoms with Crippen LogP contribution in [-0.4, -0.2) is 15.8 Å². The molecule has 1 aliphatic rings. The van der Waals surface area contributed by atoms with Gasteiger partial charge >= 0.3 is 0 Å². The van der Waals surface area contributed by atoms with Crippen LogP contribution in [0.3, 0.4) is 0 Å². The third kappa shape index (κ3) is 2.45. The van der Waals surface area contributed by atoms with Crippen LogP contribution >= 0.6 is 0 Å². The lowest BCUT2D eigenvalue weighted by Gasteiger charge is -2.23. The Labute approximate surface area is 160 Å². The van der Waals surface area contributed by atoms with Crippen molar-refractivity contribution in [2.24, 2.45) is 0 Å². The van der Waals surface area contributed by atoms with Crippen LogP contribution in [0.2, 0.25) is 0 Å². The van der Waals surface area contributed by atoms with Gasteiger partial charge in [0, 0.05) is 18.9 Å². The molecule has 5 rings (SSSR count). The smallest absolute Gasteiger partial charge is 0.291 e. The van der Waals surface area contributed by atoms with Gasteiger partial charge in [-0.15, -0.1) is 0 Å². The van der Waals surface area contributed by atoms with Crippen molar-refractivity contribution in [3.8, 4) is 0 Å². The molecule has 3 aromatic heterocycles. The Morgan fingerprint density at radius 2 is 1.89 bits per heavy atom. The fourth-order valence-corrected chi connectivity index (χ4v) is 3.71. The van der Waals surface area contributed by atoms with Crippen molar-refractivity contribution in [1.82, 2.24) is 9.88 Å². The lowest BCUT2D eigenvalue weighted by molar-refractivity contribution is 0.0699. The van der Waals surface area contributed by atoms with E-state index in [-0.39, 0.29) is 23.6 Å². The third-order valence-electron chi connectivity index (χ3n) is 4.98. The first-order chi connectivity index (χ1) is 13.6. The Kier molecular flexibility index (Phi) is 3.65. The van der Waals surface area contributed by atoms with E-state index >= 15 is 0 Å². The van der Waals surface area contributed by atoms with Crippen LogP contribution in [0.4, 0.5) is 0 Å². The molecule has 0 radical (unpaired) electrons. The van der Waals surface area contributed by atoms with Crippen molar-refractivity contribution < 1.29 is 13.6 Å². The number of aryl methyl sites for hydroxylation is 1. The molecule has 0 saturated carbocycles. The monoisotopic (exact) mass is 372 g/mol. The molecule has 28 heavy (non-hydrogen) atoms. The summed E-state index contributed by atoms with van der Waals surface area (Å²) in [5, 5.41) is 0.450. The summed E-state index contributed by atoms with van der Waals surface area (Å²) < 4.78 is 11.7. The van der Waals surface area contributed by atoms with Crippen molar-refractivity contribution in [2.45, 2.75) is 19.5 Å². The van der Waals surface area contributed by atoms with E-state index in [1.165, 1.54) is 0 Å². The number of carbonyl (C=O) groups is 1. The lowest BCUT2D eigenvalue weighted by Crippen LogP contribution is -2.29. The van der Waals surface area contributed by atoms with Crippen molar-refractivity contribution >= 4 is 16.9 Å². The molecule has 1 aromatic carbocycles. The van der Waals surface area contributed by atoms with Gasteiger partial charge in [0.15, 0.2) is 5.43 Å². The van der Waals surface area contributed by atoms with Crippen LogP contribution in [0.15, 0.2) is 74.6 Å². The lowest BCUT2D eigenvalue weighted by atomic mass is 10.0. The summed E-state index contributed by atoms with van der Waals surface area (Å²) in [7, 11) is 0. The average Bonchev–Trinajstić information content (AvgIpc) is 3.25. The Bertz CT molecular complexity index is 1260. The van der Waals surface area contributed by atoms with Crippen LogP contribution in [0.5, 0.6) is 0 Å². The first-order valence-corrected chi connectivity index (χ1v) is 8.95. The molecular formula is C22H16N2O4. The van der Waals surface area contributed by atoms with Gasteiger partial charge in [-0.05, 0) is 42.8 Å². The number of benzene rings is 1. The van der Waals surface area contributed by atoms with Gasteiger partial charge < -0.3 is 13.7 Å². The first-order valence-electron chi connectivity index (χ1n) is 8.95. The Morgan fingerprint density at radius 1 is 1.04 bits per heavy atom. The van der Waals surface area contributed by atoms with Crippen LogP contribution < -0.4 is 5.43 Å². The van der Waals surface area contributed by atoms with Gasteiger partial charge in [-0.2, -0.15) is 0 Å². The number of nitrogens with zero attached hydrogens (tertiary/aromatic N) is 2. The summed E-state index contributed by atoms with van der Waals surface area (Å²) in [6.45, 7) is 2.12. The SMILES string of the molecule is Cc1ccc([C@@H]2c3c(oc4ccccc4c3=O)C(=O)N2Cc2cccnc2)o1. The highest BCUT2D eigenvalue weighted by molar-refractivity contribution is 5.98. The van der Waals surface area contributed by atoms with E-state index in [9.17, 15) is 9.59 Å². The summed E-state index contributed by atoms with van der Waals surface area (Å²) >= 11 is 0. The Balaban J connectivity index is 1.73. The Hall–Kier alpha value is -3.67. The molecule has 0 N–H and O–H groups in total. The van der Waals surface area contributed by atoms with Gasteiger partial charge in [0.1, 0.15) is 23.1 Å². The van der Waals surface area contributed by atoms with E-state index in [2.05, 4.69) is 4.98 Å². The van der Waals surface area contributed by atoms with Gasteiger partial charge in [-0.25, -0.2) is 0 Å². The molecule has 0 spiro atoms. The molecule has 6 heteroatoms. The van der Waals surface area contributed by atoms with Crippen molar-refractivity contribution in [1.29, 1.82) is 0 Å². The minimum atomic E-state index is -0.641. The molecule has 0 aliphatic carbocycles. The average molecular weight is 372 g/mol. The second-order valence-corrected chi connectivity index (χ2v) is 6.82. The van der Waals surface area contributed by atoms with Gasteiger partial charge in [0.05, 0.1) is 10.9 Å². The largest absolute Gasteiger partial charge is 0.464 e. The Morgan fingerprint density at radius 3 is 2.64 bits per heavy atom. The zero-order valence-electron chi connectivity index (χ0n) is 15.1. The van der Waals surface area contributed by atoms with E-state index in [1.807, 2.05) is 25.1 Å². The molecule has 138 valence electrons. The number of furan rings is 1. The van der Waals surface area contributed by atoms with Gasteiger partial charge in [0.25, 0.3) is 5.91 Å². The molecule has 1 atom stereocenters. The van der Waals surface area contributed by atoms with Crippen molar-refractivity contribution in [2.75, 3.05) is 0 Å². The highest BCUT2D eigenvalue weighted by Crippen LogP contribution is 2.39. The van der Waals surface area contributed by atoms with Gasteiger partial charge in [-0.1, -0.05) is 18.2 Å². The molecule has 1 aliphatic heterocycles. The number of para-hydroxylation sites is 1. The second kappa shape index (κ2) is 6.20. The second-order valence-electron chi connectivity index (χ2n) is 6.82. The van der Waals surface area contributed by atoms with E-state index < -0.39 is 6.04 Å². The maximum atomic E-state index is 13.3. The number of amides is 1. The number of aromatic nitrogens is 1. The fraction of sp³-hybridized carbons (Fsp3) is 0.136. The summed E-state index contributed by atoms with van der Waals surface area (Å²) in [5.41, 5.74) is 1.37. The van der Waals surface area contributed by atoms with Gasteiger partial charge in [-0.3, -0.25) is 14.6 Å². The van der Waals surface area contributed by atoms with E-state index in [4.69, 9.17) is 8.83 Å². The topological polar surface area (TPSA) is 76.6 Å². The molecule has 0 unspecified atom stereocenters. The number of rotatable bonds is 3. The molecule has 4 heterocycles. The fourth-order valence-electron chi connectivity index (χ4n) is 3.71. The number of hydrogen-bond acceptors (Lipinski definition) is 5. The van der Waals surface area contributed by atoms with Gasteiger partial charge in [0.2, 0.25) is 5.76 Å². The molecule has 0 saturated heterocycles. The normalized spacial score (nSPS) is 16.0. The number of fused-ring (bicyclic) bond motifs is 2. The zero-order valence-corrected chi connectivity index (χ0v) is 15.1. The summed E-state index contributed by atoms with van der Waals surface area (Å²) in [5.74, 6) is 0.992. The maximum Gasteiger partial charge on any atom is 0.291 e. The molecule has 1 amide bonds. The summed E-state index contributed by atoms with van der Waals surface area (Å²) in [4.78, 5) is 32.2. The number of carbonyl (C=O) groups excluding carboxylic acids is 1. The summed E-state index contributed by atoms with van der Waals surface area (Å²) in [6.07, 6.45) is 3.38. The highest BCUT2D eigenvalue weighted by atomic mass is 16.4. The standard InChI is InChI=1S/C22H16N2O4/c1-13-8-9-17(27-13)19-18-20(25)15-6-2-3-7-16(15)28-21(18)22(26)24(19)12-14-5-4-10-23-11-14/h2-11,19H,12H2,1H3/t19-/m1/s1. The predicted molar refractivity (Wildman–Crippen MR) is 102 cm³/mol. The van der Waals surface area contributed by atoms with Crippen LogP contribution in [0.25, 0.3) is 11.0 Å². The van der Waals surface area contributed by atoms with E-state index in [0.717, 1.165) is 5.56 Å². The minimum Gasteiger partial charge on any atom is -0.464 e. The predicted octanol–water partition coefficient (Wildman–Crippen LogP) is 3.83. The number of hydrogen-bond donors (Lipinski definition) is 0. The van der Waals surface area contributed by atoms with Crippen molar-refractivity contribution in [3.05, 3.63) is 99.6 Å². The molecule has 0 bridgehead atoms. The molecule has 0 fully saturated rings. The third-order valence-corrected chi connectivity index (χ3v) is 4.98. The highest BCUT2D eigenvalue weighted by Gasteiger charge is 2.44. The van der Waals surface area contributed by atoms with Crippen LogP contribution in [0, 0.1) is 6.92 Å². The molecule has 6 nitrogen and oxygen atoms in total. The minimum absolute atomic E-state index is 0.0756. The van der Waals surface area contributed by atoms with Crippen molar-refractivity contribution in [3.63, 3.8) is 0 Å². The van der Waals surface area contributed by atoms with Crippen LogP contribution in [0.1, 0.15) is 39.2 Å². The number of pyridine rings is 1. The molecular weight excluding hydrogens is 356 g/mol. The van der Waals surface area contributed by atoms with E-state index in [0.29, 0.717) is 28.1 Å². The quantitative estimate of drug-likeness (QED) is 0.546. The maximum absolute atomic E-state index is 13.3. The first kappa shape index (κ1) is 16.5. The van der Waals surface area contributed by atoms with E-state index in [1.54, 1.807) is 47.6 Å².